The molecule has 1 N–H and O–H groups in total. The van der Waals surface area contributed by atoms with E-state index in [9.17, 15) is 9.59 Å². The minimum atomic E-state index is -0.205. The van der Waals surface area contributed by atoms with Crippen LogP contribution in [-0.2, 0) is 9.59 Å². The van der Waals surface area contributed by atoms with E-state index in [4.69, 9.17) is 11.6 Å². The first-order valence-corrected chi connectivity index (χ1v) is 9.73. The van der Waals surface area contributed by atoms with Gasteiger partial charge in [0.15, 0.2) is 0 Å². The molecule has 0 spiro atoms. The zero-order valence-electron chi connectivity index (χ0n) is 12.6. The van der Waals surface area contributed by atoms with Gasteiger partial charge in [0.2, 0.25) is 11.8 Å². The van der Waals surface area contributed by atoms with Gasteiger partial charge in [0.1, 0.15) is 0 Å². The van der Waals surface area contributed by atoms with Crippen LogP contribution in [0.25, 0.3) is 0 Å². The first-order valence-electron chi connectivity index (χ1n) is 7.52. The number of amides is 2. The Balaban J connectivity index is 1.70. The summed E-state index contributed by atoms with van der Waals surface area (Å²) in [5.74, 6) is -0.558. The highest BCUT2D eigenvalue weighted by Gasteiger charge is 2.51. The molecule has 4 nitrogen and oxygen atoms in total. The van der Waals surface area contributed by atoms with Gasteiger partial charge in [-0.25, -0.2) is 0 Å². The van der Waals surface area contributed by atoms with Gasteiger partial charge in [-0.1, -0.05) is 49.5 Å². The number of halogens is 3. The van der Waals surface area contributed by atoms with E-state index in [0.717, 1.165) is 11.3 Å². The van der Waals surface area contributed by atoms with E-state index in [1.807, 2.05) is 19.1 Å². The predicted octanol–water partition coefficient (Wildman–Crippen LogP) is 3.94. The van der Waals surface area contributed by atoms with Crippen molar-refractivity contribution < 1.29 is 9.59 Å². The number of hydrogen-bond acceptors (Lipinski definition) is 3. The van der Waals surface area contributed by atoms with Gasteiger partial charge in [0.25, 0.3) is 0 Å². The third kappa shape index (κ3) is 3.30. The van der Waals surface area contributed by atoms with Gasteiger partial charge in [0, 0.05) is 20.4 Å². The van der Waals surface area contributed by atoms with Crippen molar-refractivity contribution >= 4 is 61.0 Å². The highest BCUT2D eigenvalue weighted by atomic mass is 79.9. The molecule has 1 aromatic rings. The van der Waals surface area contributed by atoms with Crippen molar-refractivity contribution in [1.82, 2.24) is 4.90 Å². The van der Waals surface area contributed by atoms with Crippen LogP contribution in [-0.4, -0.2) is 33.0 Å². The van der Waals surface area contributed by atoms with E-state index < -0.39 is 0 Å². The lowest BCUT2D eigenvalue weighted by Gasteiger charge is -2.29. The number of anilines is 1. The van der Waals surface area contributed by atoms with Crippen LogP contribution in [0.1, 0.15) is 18.4 Å². The van der Waals surface area contributed by atoms with Crippen LogP contribution in [0.2, 0.25) is 5.02 Å². The normalized spacial score (nSPS) is 30.5. The van der Waals surface area contributed by atoms with Crippen molar-refractivity contribution in [3.8, 4) is 0 Å². The standard InChI is InChI=1S/C16H17Br2ClN2O2/c1-8-2-3-9(4-14(8)19)20-7-21-15(22)10-5-12(17)13(18)6-11(10)16(21)23/h2-4,10-13,20H,5-7H2,1H3. The maximum Gasteiger partial charge on any atom is 0.234 e. The molecule has 0 aromatic heterocycles. The number of carbonyl (C=O) groups is 2. The Labute approximate surface area is 157 Å². The Kier molecular flexibility index (Phi) is 5.04. The van der Waals surface area contributed by atoms with E-state index in [2.05, 4.69) is 37.2 Å². The van der Waals surface area contributed by atoms with Crippen LogP contribution in [0.4, 0.5) is 5.69 Å². The average Bonchev–Trinajstić information content (AvgIpc) is 2.73. The first-order chi connectivity index (χ1) is 10.9. The number of benzene rings is 1. The van der Waals surface area contributed by atoms with Crippen LogP contribution in [0.15, 0.2) is 18.2 Å². The maximum absolute atomic E-state index is 12.5. The van der Waals surface area contributed by atoms with E-state index >= 15 is 0 Å². The summed E-state index contributed by atoms with van der Waals surface area (Å²) < 4.78 is 0. The molecule has 4 atom stereocenters. The Hall–Kier alpha value is -0.590. The molecule has 2 aliphatic rings. The summed E-state index contributed by atoms with van der Waals surface area (Å²) in [6.45, 7) is 2.11. The summed E-state index contributed by atoms with van der Waals surface area (Å²) >= 11 is 13.3. The van der Waals surface area contributed by atoms with Crippen molar-refractivity contribution in [2.45, 2.75) is 29.4 Å². The second kappa shape index (κ2) is 6.73. The molecule has 124 valence electrons. The minimum absolute atomic E-state index is 0.0745. The predicted molar refractivity (Wildman–Crippen MR) is 98.2 cm³/mol. The van der Waals surface area contributed by atoms with Gasteiger partial charge in [-0.05, 0) is 37.5 Å². The molecule has 1 saturated carbocycles. The third-order valence-electron chi connectivity index (χ3n) is 4.62. The topological polar surface area (TPSA) is 49.4 Å². The number of fused-ring (bicyclic) bond motifs is 1. The van der Waals surface area contributed by atoms with E-state index in [-0.39, 0.29) is 40.0 Å². The van der Waals surface area contributed by atoms with Crippen molar-refractivity contribution in [3.05, 3.63) is 28.8 Å². The van der Waals surface area contributed by atoms with Crippen LogP contribution in [0.3, 0.4) is 0 Å². The molecule has 1 aliphatic carbocycles. The van der Waals surface area contributed by atoms with E-state index in [0.29, 0.717) is 17.9 Å². The lowest BCUT2D eigenvalue weighted by atomic mass is 9.81. The minimum Gasteiger partial charge on any atom is -0.367 e. The van der Waals surface area contributed by atoms with Crippen LogP contribution in [0, 0.1) is 18.8 Å². The monoisotopic (exact) mass is 462 g/mol. The second-order valence-electron chi connectivity index (χ2n) is 6.12. The van der Waals surface area contributed by atoms with Gasteiger partial charge in [0.05, 0.1) is 18.5 Å². The fraction of sp³-hybridized carbons (Fsp3) is 0.500. The Morgan fingerprint density at radius 2 is 1.74 bits per heavy atom. The largest absolute Gasteiger partial charge is 0.367 e. The third-order valence-corrected chi connectivity index (χ3v) is 7.76. The van der Waals surface area contributed by atoms with Gasteiger partial charge in [-0.3, -0.25) is 14.5 Å². The molecule has 1 heterocycles. The van der Waals surface area contributed by atoms with Gasteiger partial charge in [-0.2, -0.15) is 0 Å². The maximum atomic E-state index is 12.5. The fourth-order valence-corrected chi connectivity index (χ4v) is 4.61. The lowest BCUT2D eigenvalue weighted by molar-refractivity contribution is -0.139. The molecule has 4 unspecified atom stereocenters. The molecular formula is C16H17Br2ClN2O2. The zero-order valence-corrected chi connectivity index (χ0v) is 16.5. The van der Waals surface area contributed by atoms with Crippen LogP contribution < -0.4 is 5.32 Å². The number of nitrogens with one attached hydrogen (secondary N) is 1. The van der Waals surface area contributed by atoms with Crippen molar-refractivity contribution in [2.75, 3.05) is 12.0 Å². The molecule has 0 radical (unpaired) electrons. The first kappa shape index (κ1) is 17.2. The molecule has 3 rings (SSSR count). The Bertz CT molecular complexity index is 627. The summed E-state index contributed by atoms with van der Waals surface area (Å²) in [5, 5.41) is 3.78. The SMILES string of the molecule is Cc1ccc(NCN2C(=O)C3CC(Br)C(Br)CC3C2=O)cc1Cl. The van der Waals surface area contributed by atoms with Crippen molar-refractivity contribution in [3.63, 3.8) is 0 Å². The second-order valence-corrected chi connectivity index (χ2v) is 8.88. The highest BCUT2D eigenvalue weighted by molar-refractivity contribution is 9.12. The molecule has 0 bridgehead atoms. The molecule has 1 saturated heterocycles. The zero-order chi connectivity index (χ0) is 16.7. The molecular weight excluding hydrogens is 447 g/mol. The number of carbonyl (C=O) groups excluding carboxylic acids is 2. The van der Waals surface area contributed by atoms with Gasteiger partial charge < -0.3 is 5.32 Å². The molecule has 1 aliphatic heterocycles. The number of likely N-dealkylation sites (tertiary alicyclic amines) is 1. The fourth-order valence-electron chi connectivity index (χ4n) is 3.19. The van der Waals surface area contributed by atoms with Crippen LogP contribution in [0.5, 0.6) is 0 Å². The van der Waals surface area contributed by atoms with Crippen molar-refractivity contribution in [2.24, 2.45) is 11.8 Å². The summed E-state index contributed by atoms with van der Waals surface area (Å²) in [7, 11) is 0. The summed E-state index contributed by atoms with van der Waals surface area (Å²) in [5.41, 5.74) is 1.79. The molecule has 23 heavy (non-hydrogen) atoms. The molecule has 1 aromatic carbocycles. The summed E-state index contributed by atoms with van der Waals surface area (Å²) in [4.78, 5) is 26.9. The van der Waals surface area contributed by atoms with E-state index in [1.54, 1.807) is 6.07 Å². The highest BCUT2D eigenvalue weighted by Crippen LogP contribution is 2.43. The molecule has 7 heteroatoms. The molecule has 2 fully saturated rings. The Morgan fingerprint density at radius 3 is 2.26 bits per heavy atom. The number of aryl methyl sites for hydroxylation is 1. The number of rotatable bonds is 3. The smallest absolute Gasteiger partial charge is 0.234 e. The average molecular weight is 465 g/mol. The van der Waals surface area contributed by atoms with Gasteiger partial charge >= 0.3 is 0 Å². The van der Waals surface area contributed by atoms with Crippen molar-refractivity contribution in [1.29, 1.82) is 0 Å². The summed E-state index contributed by atoms with van der Waals surface area (Å²) in [6.07, 6.45) is 1.38. The quantitative estimate of drug-likeness (QED) is 0.545. The summed E-state index contributed by atoms with van der Waals surface area (Å²) in [6, 6.07) is 5.60. The number of hydrogen-bond donors (Lipinski definition) is 1. The lowest BCUT2D eigenvalue weighted by Crippen LogP contribution is -2.35. The van der Waals surface area contributed by atoms with Crippen LogP contribution >= 0.6 is 43.5 Å². The number of imide groups is 1. The Morgan fingerprint density at radius 1 is 1.17 bits per heavy atom. The van der Waals surface area contributed by atoms with E-state index in [1.165, 1.54) is 4.90 Å². The number of nitrogens with zero attached hydrogens (tertiary/aromatic N) is 1. The van der Waals surface area contributed by atoms with Gasteiger partial charge in [-0.15, -0.1) is 0 Å². The number of alkyl halides is 2. The molecule has 2 amide bonds.